The number of aromatic nitrogens is 2. The second-order valence-corrected chi connectivity index (χ2v) is 7.09. The third-order valence-corrected chi connectivity index (χ3v) is 5.45. The number of piperidine rings is 1. The molecule has 1 saturated heterocycles. The zero-order valence-electron chi connectivity index (χ0n) is 14.5. The highest BCUT2D eigenvalue weighted by atomic mass is 16.5. The van der Waals surface area contributed by atoms with Gasteiger partial charge < -0.3 is 14.2 Å². The molecule has 0 radical (unpaired) electrons. The predicted molar refractivity (Wildman–Crippen MR) is 89.1 cm³/mol. The number of ether oxygens (including phenoxy) is 1. The fourth-order valence-electron chi connectivity index (χ4n) is 4.19. The van der Waals surface area contributed by atoms with Crippen molar-refractivity contribution in [1.82, 2.24) is 14.5 Å². The van der Waals surface area contributed by atoms with E-state index in [0.29, 0.717) is 24.5 Å². The quantitative estimate of drug-likeness (QED) is 0.838. The van der Waals surface area contributed by atoms with Crippen LogP contribution < -0.4 is 0 Å². The van der Waals surface area contributed by atoms with Crippen LogP contribution >= 0.6 is 0 Å². The van der Waals surface area contributed by atoms with Crippen molar-refractivity contribution in [2.75, 3.05) is 20.2 Å². The number of likely N-dealkylation sites (tertiary alicyclic amines) is 1. The Balaban J connectivity index is 1.55. The minimum atomic E-state index is 0.370. The maximum Gasteiger partial charge on any atom is 0.222 e. The topological polar surface area (TPSA) is 47.4 Å². The number of aryl methyl sites for hydroxylation is 1. The van der Waals surface area contributed by atoms with E-state index in [1.807, 2.05) is 6.20 Å². The molecule has 1 saturated carbocycles. The molecule has 3 rings (SSSR count). The summed E-state index contributed by atoms with van der Waals surface area (Å²) in [5, 5.41) is 0. The Kier molecular flexibility index (Phi) is 5.36. The lowest BCUT2D eigenvalue weighted by Gasteiger charge is -2.34. The van der Waals surface area contributed by atoms with Crippen LogP contribution in [-0.2, 0) is 16.1 Å². The second-order valence-electron chi connectivity index (χ2n) is 7.09. The molecule has 0 bridgehead atoms. The molecule has 2 aliphatic rings. The van der Waals surface area contributed by atoms with E-state index in [4.69, 9.17) is 4.74 Å². The minimum absolute atomic E-state index is 0.370. The molecule has 0 spiro atoms. The van der Waals surface area contributed by atoms with Crippen LogP contribution in [0.3, 0.4) is 0 Å². The van der Waals surface area contributed by atoms with Gasteiger partial charge >= 0.3 is 0 Å². The van der Waals surface area contributed by atoms with Gasteiger partial charge in [-0.25, -0.2) is 4.98 Å². The van der Waals surface area contributed by atoms with Gasteiger partial charge in [-0.2, -0.15) is 0 Å². The predicted octanol–water partition coefficient (Wildman–Crippen LogP) is 3.08. The highest BCUT2D eigenvalue weighted by Gasteiger charge is 2.28. The standard InChI is InChI=1S/C18H29N3O2/c1-14-12-19-17(13-23-2)21(14)16-7-9-20(10-8-16)18(22)11-15-5-3-4-6-15/h12,15-16H,3-11,13H2,1-2H3. The van der Waals surface area contributed by atoms with Gasteiger partial charge in [0.1, 0.15) is 12.4 Å². The van der Waals surface area contributed by atoms with Crippen LogP contribution in [0.5, 0.6) is 0 Å². The Labute approximate surface area is 139 Å². The smallest absolute Gasteiger partial charge is 0.222 e. The molecule has 1 amide bonds. The number of nitrogens with zero attached hydrogens (tertiary/aromatic N) is 3. The zero-order chi connectivity index (χ0) is 16.2. The van der Waals surface area contributed by atoms with Gasteiger partial charge in [-0.1, -0.05) is 12.8 Å². The van der Waals surface area contributed by atoms with Crippen molar-refractivity contribution in [3.8, 4) is 0 Å². The van der Waals surface area contributed by atoms with Crippen LogP contribution in [0, 0.1) is 12.8 Å². The number of hydrogen-bond acceptors (Lipinski definition) is 3. The summed E-state index contributed by atoms with van der Waals surface area (Å²) in [6, 6.07) is 0.443. The number of imidazole rings is 1. The van der Waals surface area contributed by atoms with Crippen molar-refractivity contribution in [2.45, 2.75) is 64.5 Å². The van der Waals surface area contributed by atoms with E-state index in [-0.39, 0.29) is 0 Å². The minimum Gasteiger partial charge on any atom is -0.377 e. The molecule has 5 nitrogen and oxygen atoms in total. The van der Waals surface area contributed by atoms with Crippen molar-refractivity contribution in [1.29, 1.82) is 0 Å². The molecule has 1 aliphatic carbocycles. The van der Waals surface area contributed by atoms with Crippen molar-refractivity contribution in [3.05, 3.63) is 17.7 Å². The molecular weight excluding hydrogens is 290 g/mol. The van der Waals surface area contributed by atoms with E-state index in [1.54, 1.807) is 7.11 Å². The van der Waals surface area contributed by atoms with Gasteiger partial charge in [0.25, 0.3) is 0 Å². The number of rotatable bonds is 5. The molecule has 2 heterocycles. The van der Waals surface area contributed by atoms with E-state index >= 15 is 0 Å². The summed E-state index contributed by atoms with van der Waals surface area (Å²) in [6.45, 7) is 4.40. The Morgan fingerprint density at radius 3 is 2.61 bits per heavy atom. The van der Waals surface area contributed by atoms with Crippen LogP contribution in [0.2, 0.25) is 0 Å². The SMILES string of the molecule is COCc1ncc(C)n1C1CCN(C(=O)CC2CCCC2)CC1. The van der Waals surface area contributed by atoms with Crippen molar-refractivity contribution < 1.29 is 9.53 Å². The Morgan fingerprint density at radius 1 is 1.26 bits per heavy atom. The third-order valence-electron chi connectivity index (χ3n) is 5.45. The summed E-state index contributed by atoms with van der Waals surface area (Å²) in [7, 11) is 1.71. The summed E-state index contributed by atoms with van der Waals surface area (Å²) in [5.74, 6) is 2.01. The summed E-state index contributed by atoms with van der Waals surface area (Å²) >= 11 is 0. The third kappa shape index (κ3) is 3.77. The summed E-state index contributed by atoms with van der Waals surface area (Å²) < 4.78 is 7.57. The maximum atomic E-state index is 12.5. The zero-order valence-corrected chi connectivity index (χ0v) is 14.5. The summed E-state index contributed by atoms with van der Waals surface area (Å²) in [6.07, 6.45) is 9.84. The van der Waals surface area contributed by atoms with E-state index in [9.17, 15) is 4.79 Å². The van der Waals surface area contributed by atoms with Gasteiger partial charge in [0.15, 0.2) is 0 Å². The lowest BCUT2D eigenvalue weighted by Crippen LogP contribution is -2.40. The summed E-state index contributed by atoms with van der Waals surface area (Å²) in [5.41, 5.74) is 1.19. The van der Waals surface area contributed by atoms with Crippen LogP contribution in [0.15, 0.2) is 6.20 Å². The largest absolute Gasteiger partial charge is 0.377 e. The molecule has 0 aromatic carbocycles. The molecule has 128 valence electrons. The molecule has 1 aromatic rings. The van der Waals surface area contributed by atoms with Gasteiger partial charge in [-0.15, -0.1) is 0 Å². The molecule has 23 heavy (non-hydrogen) atoms. The maximum absolute atomic E-state index is 12.5. The Bertz CT molecular complexity index is 526. The molecule has 0 unspecified atom stereocenters. The number of hydrogen-bond donors (Lipinski definition) is 0. The van der Waals surface area contributed by atoms with Crippen LogP contribution in [0.25, 0.3) is 0 Å². The molecular formula is C18H29N3O2. The van der Waals surface area contributed by atoms with Gasteiger partial charge in [0.05, 0.1) is 0 Å². The molecule has 0 atom stereocenters. The van der Waals surface area contributed by atoms with Gasteiger partial charge in [-0.05, 0) is 38.5 Å². The fraction of sp³-hybridized carbons (Fsp3) is 0.778. The molecule has 1 aromatic heterocycles. The number of carbonyl (C=O) groups excluding carboxylic acids is 1. The monoisotopic (exact) mass is 319 g/mol. The van der Waals surface area contributed by atoms with Gasteiger partial charge in [0.2, 0.25) is 5.91 Å². The lowest BCUT2D eigenvalue weighted by molar-refractivity contribution is -0.133. The first-order chi connectivity index (χ1) is 11.2. The van der Waals surface area contributed by atoms with Gasteiger partial charge in [0, 0.05) is 44.6 Å². The molecule has 2 fully saturated rings. The normalized spacial score (nSPS) is 20.3. The fourth-order valence-corrected chi connectivity index (χ4v) is 4.19. The first kappa shape index (κ1) is 16.5. The lowest BCUT2D eigenvalue weighted by atomic mass is 10.00. The van der Waals surface area contributed by atoms with Crippen molar-refractivity contribution in [2.24, 2.45) is 5.92 Å². The molecule has 0 N–H and O–H groups in total. The van der Waals surface area contributed by atoms with E-state index in [2.05, 4.69) is 21.4 Å². The highest BCUT2D eigenvalue weighted by molar-refractivity contribution is 5.76. The van der Waals surface area contributed by atoms with Crippen molar-refractivity contribution in [3.63, 3.8) is 0 Å². The highest BCUT2D eigenvalue weighted by Crippen LogP contribution is 2.30. The Hall–Kier alpha value is -1.36. The first-order valence-corrected chi connectivity index (χ1v) is 8.98. The van der Waals surface area contributed by atoms with Crippen LogP contribution in [0.4, 0.5) is 0 Å². The molecule has 5 heteroatoms. The summed E-state index contributed by atoms with van der Waals surface area (Å²) in [4.78, 5) is 19.0. The van der Waals surface area contributed by atoms with Crippen LogP contribution in [-0.4, -0.2) is 40.6 Å². The average Bonchev–Trinajstić information content (AvgIpc) is 3.18. The van der Waals surface area contributed by atoms with Crippen LogP contribution in [0.1, 0.15) is 62.5 Å². The number of carbonyl (C=O) groups is 1. The van der Waals surface area contributed by atoms with Gasteiger partial charge in [-0.3, -0.25) is 4.79 Å². The first-order valence-electron chi connectivity index (χ1n) is 8.98. The second kappa shape index (κ2) is 7.47. The van der Waals surface area contributed by atoms with E-state index in [0.717, 1.165) is 38.2 Å². The number of methoxy groups -OCH3 is 1. The van der Waals surface area contributed by atoms with Crippen molar-refractivity contribution >= 4 is 5.91 Å². The van der Waals surface area contributed by atoms with E-state index < -0.39 is 0 Å². The average molecular weight is 319 g/mol. The number of amides is 1. The molecule has 1 aliphatic heterocycles. The Morgan fingerprint density at radius 2 is 1.96 bits per heavy atom. The van der Waals surface area contributed by atoms with E-state index in [1.165, 1.54) is 31.4 Å².